The van der Waals surface area contributed by atoms with Gasteiger partial charge in [-0.15, -0.1) is 0 Å². The van der Waals surface area contributed by atoms with E-state index >= 15 is 0 Å². The standard InChI is InChI=1S/C18H17ClN4O/c1-12-4-3-5-14(8-12)22-17-10-18(21-11-20-17)23-15-9-13(19)6-7-16(15)24-2/h3-11H,1-2H3,(H2,20,21,22,23). The van der Waals surface area contributed by atoms with Gasteiger partial charge in [0.05, 0.1) is 12.8 Å². The van der Waals surface area contributed by atoms with E-state index in [-0.39, 0.29) is 0 Å². The van der Waals surface area contributed by atoms with Gasteiger partial charge >= 0.3 is 0 Å². The van der Waals surface area contributed by atoms with E-state index in [1.165, 1.54) is 11.9 Å². The summed E-state index contributed by atoms with van der Waals surface area (Å²) in [4.78, 5) is 8.48. The van der Waals surface area contributed by atoms with Crippen LogP contribution in [0.25, 0.3) is 0 Å². The summed E-state index contributed by atoms with van der Waals surface area (Å²) >= 11 is 6.05. The lowest BCUT2D eigenvalue weighted by Crippen LogP contribution is -2.00. The molecule has 0 aliphatic heterocycles. The fourth-order valence-electron chi connectivity index (χ4n) is 2.28. The molecule has 0 spiro atoms. The van der Waals surface area contributed by atoms with Crippen LogP contribution < -0.4 is 15.4 Å². The molecule has 0 atom stereocenters. The number of aryl methyl sites for hydroxylation is 1. The maximum absolute atomic E-state index is 6.05. The Bertz CT molecular complexity index is 854. The van der Waals surface area contributed by atoms with Gasteiger partial charge in [0.2, 0.25) is 0 Å². The van der Waals surface area contributed by atoms with Crippen LogP contribution in [0.15, 0.2) is 54.9 Å². The van der Waals surface area contributed by atoms with E-state index in [1.807, 2.05) is 31.2 Å². The number of methoxy groups -OCH3 is 1. The number of anilines is 4. The van der Waals surface area contributed by atoms with E-state index in [4.69, 9.17) is 16.3 Å². The third-order valence-corrected chi connectivity index (χ3v) is 3.62. The number of nitrogens with one attached hydrogen (secondary N) is 2. The van der Waals surface area contributed by atoms with Gasteiger partial charge in [0.15, 0.2) is 0 Å². The van der Waals surface area contributed by atoms with Crippen LogP contribution in [0.3, 0.4) is 0 Å². The van der Waals surface area contributed by atoms with Crippen molar-refractivity contribution >= 4 is 34.6 Å². The van der Waals surface area contributed by atoms with Crippen molar-refractivity contribution in [2.24, 2.45) is 0 Å². The molecule has 2 aromatic carbocycles. The van der Waals surface area contributed by atoms with Gasteiger partial charge in [0.1, 0.15) is 23.7 Å². The summed E-state index contributed by atoms with van der Waals surface area (Å²) in [6.45, 7) is 2.05. The van der Waals surface area contributed by atoms with Gasteiger partial charge in [-0.25, -0.2) is 9.97 Å². The number of hydrogen-bond donors (Lipinski definition) is 2. The zero-order valence-electron chi connectivity index (χ0n) is 13.4. The molecule has 6 heteroatoms. The van der Waals surface area contributed by atoms with Crippen molar-refractivity contribution in [3.63, 3.8) is 0 Å². The highest BCUT2D eigenvalue weighted by molar-refractivity contribution is 6.31. The first-order valence-corrected chi connectivity index (χ1v) is 7.78. The Kier molecular flexibility index (Phi) is 4.82. The summed E-state index contributed by atoms with van der Waals surface area (Å²) in [5.41, 5.74) is 2.89. The third-order valence-electron chi connectivity index (χ3n) is 3.38. The predicted molar refractivity (Wildman–Crippen MR) is 97.8 cm³/mol. The van der Waals surface area contributed by atoms with Crippen molar-refractivity contribution < 1.29 is 4.74 Å². The van der Waals surface area contributed by atoms with Crippen molar-refractivity contribution in [2.45, 2.75) is 6.92 Å². The molecule has 1 aromatic heterocycles. The van der Waals surface area contributed by atoms with Crippen molar-refractivity contribution in [1.82, 2.24) is 9.97 Å². The van der Waals surface area contributed by atoms with Gasteiger partial charge < -0.3 is 15.4 Å². The molecule has 0 radical (unpaired) electrons. The second-order valence-corrected chi connectivity index (χ2v) is 5.69. The average Bonchev–Trinajstić information content (AvgIpc) is 2.55. The largest absolute Gasteiger partial charge is 0.495 e. The molecular weight excluding hydrogens is 324 g/mol. The number of aromatic nitrogens is 2. The van der Waals surface area contributed by atoms with E-state index in [1.54, 1.807) is 25.3 Å². The molecular formula is C18H17ClN4O. The lowest BCUT2D eigenvalue weighted by molar-refractivity contribution is 0.417. The fraction of sp³-hybridized carbons (Fsp3) is 0.111. The van der Waals surface area contributed by atoms with Crippen LogP contribution in [-0.4, -0.2) is 17.1 Å². The van der Waals surface area contributed by atoms with Crippen molar-refractivity contribution in [3.8, 4) is 5.75 Å². The molecule has 0 aliphatic rings. The summed E-state index contributed by atoms with van der Waals surface area (Å²) in [7, 11) is 1.61. The van der Waals surface area contributed by atoms with Gasteiger partial charge in [-0.2, -0.15) is 0 Å². The number of nitrogens with zero attached hydrogens (tertiary/aromatic N) is 2. The van der Waals surface area contributed by atoms with Gasteiger partial charge in [0.25, 0.3) is 0 Å². The number of hydrogen-bond acceptors (Lipinski definition) is 5. The highest BCUT2D eigenvalue weighted by atomic mass is 35.5. The minimum Gasteiger partial charge on any atom is -0.495 e. The van der Waals surface area contributed by atoms with E-state index in [2.05, 4.69) is 26.7 Å². The van der Waals surface area contributed by atoms with Gasteiger partial charge in [-0.1, -0.05) is 23.7 Å². The average molecular weight is 341 g/mol. The molecule has 5 nitrogen and oxygen atoms in total. The minimum atomic E-state index is 0.616. The zero-order chi connectivity index (χ0) is 16.9. The van der Waals surface area contributed by atoms with Gasteiger partial charge in [-0.3, -0.25) is 0 Å². The summed E-state index contributed by atoms with van der Waals surface area (Å²) in [6.07, 6.45) is 1.50. The molecule has 24 heavy (non-hydrogen) atoms. The molecule has 0 aliphatic carbocycles. The zero-order valence-corrected chi connectivity index (χ0v) is 14.1. The van der Waals surface area contributed by atoms with E-state index in [9.17, 15) is 0 Å². The lowest BCUT2D eigenvalue weighted by atomic mass is 10.2. The summed E-state index contributed by atoms with van der Waals surface area (Å²) < 4.78 is 5.33. The molecule has 3 aromatic rings. The van der Waals surface area contributed by atoms with E-state index < -0.39 is 0 Å². The molecule has 0 unspecified atom stereocenters. The second kappa shape index (κ2) is 7.19. The maximum Gasteiger partial charge on any atom is 0.142 e. The van der Waals surface area contributed by atoms with Crippen LogP contribution in [-0.2, 0) is 0 Å². The summed E-state index contributed by atoms with van der Waals surface area (Å²) in [5.74, 6) is 2.02. The lowest BCUT2D eigenvalue weighted by Gasteiger charge is -2.12. The number of benzene rings is 2. The Morgan fingerprint density at radius 1 is 0.958 bits per heavy atom. The molecule has 3 rings (SSSR count). The van der Waals surface area contributed by atoms with Crippen molar-refractivity contribution in [1.29, 1.82) is 0 Å². The number of rotatable bonds is 5. The quantitative estimate of drug-likeness (QED) is 0.689. The molecule has 1 heterocycles. The molecule has 0 saturated heterocycles. The van der Waals surface area contributed by atoms with Crippen LogP contribution >= 0.6 is 11.6 Å². The maximum atomic E-state index is 6.05. The van der Waals surface area contributed by atoms with Crippen molar-refractivity contribution in [2.75, 3.05) is 17.7 Å². The summed E-state index contributed by atoms with van der Waals surface area (Å²) in [6, 6.07) is 15.3. The first kappa shape index (κ1) is 16.1. The Morgan fingerprint density at radius 3 is 2.50 bits per heavy atom. The summed E-state index contributed by atoms with van der Waals surface area (Å²) in [5, 5.41) is 7.08. The topological polar surface area (TPSA) is 59.1 Å². The molecule has 2 N–H and O–H groups in total. The van der Waals surface area contributed by atoms with Crippen LogP contribution in [0.5, 0.6) is 5.75 Å². The van der Waals surface area contributed by atoms with E-state index in [0.29, 0.717) is 22.4 Å². The normalized spacial score (nSPS) is 10.3. The Morgan fingerprint density at radius 2 is 1.75 bits per heavy atom. The smallest absolute Gasteiger partial charge is 0.142 e. The fourth-order valence-corrected chi connectivity index (χ4v) is 2.45. The second-order valence-electron chi connectivity index (χ2n) is 5.25. The molecule has 0 amide bonds. The highest BCUT2D eigenvalue weighted by Gasteiger charge is 2.06. The van der Waals surface area contributed by atoms with Crippen LogP contribution in [0, 0.1) is 6.92 Å². The van der Waals surface area contributed by atoms with Crippen LogP contribution in [0.4, 0.5) is 23.0 Å². The number of ether oxygens (including phenoxy) is 1. The van der Waals surface area contributed by atoms with Crippen LogP contribution in [0.1, 0.15) is 5.56 Å². The third kappa shape index (κ3) is 3.94. The van der Waals surface area contributed by atoms with E-state index in [0.717, 1.165) is 11.4 Å². The predicted octanol–water partition coefficient (Wildman–Crippen LogP) is 4.93. The first-order chi connectivity index (χ1) is 11.6. The number of halogens is 1. The first-order valence-electron chi connectivity index (χ1n) is 7.40. The van der Waals surface area contributed by atoms with Crippen LogP contribution in [0.2, 0.25) is 5.02 Å². The SMILES string of the molecule is COc1ccc(Cl)cc1Nc1cc(Nc2cccc(C)c2)ncn1. The monoisotopic (exact) mass is 340 g/mol. The highest BCUT2D eigenvalue weighted by Crippen LogP contribution is 2.30. The minimum absolute atomic E-state index is 0.616. The molecule has 0 fully saturated rings. The van der Waals surface area contributed by atoms with Crippen molar-refractivity contribution in [3.05, 3.63) is 65.4 Å². The van der Waals surface area contributed by atoms with Gasteiger partial charge in [-0.05, 0) is 42.8 Å². The Labute approximate surface area is 145 Å². The molecule has 122 valence electrons. The Balaban J connectivity index is 1.82. The molecule has 0 bridgehead atoms. The molecule has 0 saturated carbocycles. The Hall–Kier alpha value is -2.79. The van der Waals surface area contributed by atoms with Gasteiger partial charge in [0, 0.05) is 16.8 Å².